The van der Waals surface area contributed by atoms with Gasteiger partial charge < -0.3 is 19.5 Å². The van der Waals surface area contributed by atoms with Gasteiger partial charge >= 0.3 is 6.09 Å². The number of hydrogen-bond donors (Lipinski definition) is 1. The molecule has 1 amide bonds. The van der Waals surface area contributed by atoms with Crippen molar-refractivity contribution in [3.63, 3.8) is 0 Å². The maximum absolute atomic E-state index is 11.8. The van der Waals surface area contributed by atoms with E-state index in [1.807, 2.05) is 30.3 Å². The molecular weight excluding hydrogens is 386 g/mol. The molecule has 0 aliphatic heterocycles. The second kappa shape index (κ2) is 8.54. The van der Waals surface area contributed by atoms with Gasteiger partial charge in [-0.2, -0.15) is 0 Å². The third kappa shape index (κ3) is 4.86. The lowest BCUT2D eigenvalue weighted by atomic mass is 10.1. The van der Waals surface area contributed by atoms with Crippen LogP contribution in [0.2, 0.25) is 0 Å². The van der Waals surface area contributed by atoms with E-state index in [0.29, 0.717) is 13.2 Å². The number of carbonyl (C=O) groups excluding carboxylic acids is 1. The summed E-state index contributed by atoms with van der Waals surface area (Å²) < 4.78 is 17.3. The number of halogens is 1. The number of amides is 1. The Hall–Kier alpha value is -1.79. The molecule has 1 saturated carbocycles. The zero-order chi connectivity index (χ0) is 17.6. The molecule has 0 aromatic heterocycles. The maximum atomic E-state index is 11.8. The summed E-state index contributed by atoms with van der Waals surface area (Å²) in [6.07, 6.45) is 2.52. The summed E-state index contributed by atoms with van der Waals surface area (Å²) in [7, 11) is 1.68. The molecule has 0 spiro atoms. The van der Waals surface area contributed by atoms with Gasteiger partial charge in [0.15, 0.2) is 0 Å². The van der Waals surface area contributed by atoms with E-state index in [1.54, 1.807) is 7.11 Å². The maximum Gasteiger partial charge on any atom is 0.407 e. The van der Waals surface area contributed by atoms with Crippen molar-refractivity contribution in [2.45, 2.75) is 31.9 Å². The minimum atomic E-state index is -0.370. The molecule has 2 aromatic rings. The first kappa shape index (κ1) is 18.0. The fourth-order valence-electron chi connectivity index (χ4n) is 2.55. The van der Waals surface area contributed by atoms with Crippen LogP contribution in [0, 0.1) is 0 Å². The third-order valence-electron chi connectivity index (χ3n) is 4.02. The van der Waals surface area contributed by atoms with Gasteiger partial charge in [-0.3, -0.25) is 0 Å². The molecule has 3 rings (SSSR count). The van der Waals surface area contributed by atoms with Crippen LogP contribution in [-0.2, 0) is 16.1 Å². The Labute approximate surface area is 155 Å². The topological polar surface area (TPSA) is 56.8 Å². The summed E-state index contributed by atoms with van der Waals surface area (Å²) in [5.74, 6) is 0.788. The van der Waals surface area contributed by atoms with E-state index in [4.69, 9.17) is 14.2 Å². The normalized spacial score (nSPS) is 13.7. The Bertz CT molecular complexity index is 746. The van der Waals surface area contributed by atoms with Crippen molar-refractivity contribution in [3.8, 4) is 5.75 Å². The molecule has 0 radical (unpaired) electrons. The average Bonchev–Trinajstić information content (AvgIpc) is 3.43. The van der Waals surface area contributed by atoms with Crippen LogP contribution in [-0.4, -0.2) is 32.5 Å². The van der Waals surface area contributed by atoms with Crippen molar-refractivity contribution >= 4 is 32.8 Å². The number of rotatable bonds is 8. The minimum Gasteiger partial charge on any atom is -0.493 e. The largest absolute Gasteiger partial charge is 0.493 e. The Kier molecular flexibility index (Phi) is 6.15. The summed E-state index contributed by atoms with van der Waals surface area (Å²) in [4.78, 5) is 11.8. The average molecular weight is 408 g/mol. The first-order valence-corrected chi connectivity index (χ1v) is 9.23. The van der Waals surface area contributed by atoms with Crippen LogP contribution in [0.3, 0.4) is 0 Å². The van der Waals surface area contributed by atoms with E-state index in [-0.39, 0.29) is 18.7 Å². The number of ether oxygens (including phenoxy) is 3. The molecule has 1 fully saturated rings. The minimum absolute atomic E-state index is 0.193. The first-order valence-electron chi connectivity index (χ1n) is 8.44. The van der Waals surface area contributed by atoms with Gasteiger partial charge in [0.25, 0.3) is 0 Å². The van der Waals surface area contributed by atoms with E-state index < -0.39 is 0 Å². The Morgan fingerprint density at radius 1 is 1.24 bits per heavy atom. The second-order valence-corrected chi connectivity index (χ2v) is 6.88. The highest BCUT2D eigenvalue weighted by Crippen LogP contribution is 2.35. The first-order chi connectivity index (χ1) is 12.2. The Balaban J connectivity index is 1.76. The van der Waals surface area contributed by atoms with Crippen LogP contribution in [0.1, 0.15) is 24.8 Å². The molecule has 0 atom stereocenters. The van der Waals surface area contributed by atoms with Gasteiger partial charge in [-0.15, -0.1) is 0 Å². The van der Waals surface area contributed by atoms with Crippen molar-refractivity contribution in [1.29, 1.82) is 0 Å². The molecule has 134 valence electrons. The van der Waals surface area contributed by atoms with Gasteiger partial charge in [0.2, 0.25) is 0 Å². The highest BCUT2D eigenvalue weighted by atomic mass is 79.9. The molecule has 0 bridgehead atoms. The van der Waals surface area contributed by atoms with Crippen LogP contribution in [0.5, 0.6) is 5.75 Å². The number of fused-ring (bicyclic) bond motifs is 1. The number of carbonyl (C=O) groups is 1. The van der Waals surface area contributed by atoms with Gasteiger partial charge in [0, 0.05) is 41.6 Å². The van der Waals surface area contributed by atoms with Crippen LogP contribution in [0.4, 0.5) is 4.79 Å². The quantitative estimate of drug-likeness (QED) is 0.658. The SMILES string of the molecule is COCCCOc1cc(COC(=O)NC2CC2)c(Br)c2ccccc12. The van der Waals surface area contributed by atoms with Crippen LogP contribution >= 0.6 is 15.9 Å². The summed E-state index contributed by atoms with van der Waals surface area (Å²) in [6, 6.07) is 10.2. The monoisotopic (exact) mass is 407 g/mol. The molecule has 6 heteroatoms. The second-order valence-electron chi connectivity index (χ2n) is 6.08. The molecule has 0 unspecified atom stereocenters. The number of alkyl carbamates (subject to hydrolysis) is 1. The zero-order valence-electron chi connectivity index (χ0n) is 14.2. The molecule has 0 heterocycles. The van der Waals surface area contributed by atoms with E-state index in [9.17, 15) is 4.79 Å². The molecule has 5 nitrogen and oxygen atoms in total. The summed E-state index contributed by atoms with van der Waals surface area (Å²) in [5.41, 5.74) is 0.881. The number of methoxy groups -OCH3 is 1. The van der Waals surface area contributed by atoms with Crippen LogP contribution < -0.4 is 10.1 Å². The third-order valence-corrected chi connectivity index (χ3v) is 4.96. The van der Waals surface area contributed by atoms with E-state index in [1.165, 1.54) is 0 Å². The Morgan fingerprint density at radius 3 is 2.72 bits per heavy atom. The fraction of sp³-hybridized carbons (Fsp3) is 0.421. The summed E-state index contributed by atoms with van der Waals surface area (Å²) in [5, 5.41) is 4.88. The molecular formula is C19H22BrNO4. The highest BCUT2D eigenvalue weighted by Gasteiger charge is 2.24. The smallest absolute Gasteiger partial charge is 0.407 e. The molecule has 1 N–H and O–H groups in total. The van der Waals surface area contributed by atoms with Crippen LogP contribution in [0.15, 0.2) is 34.8 Å². The molecule has 25 heavy (non-hydrogen) atoms. The van der Waals surface area contributed by atoms with Crippen molar-refractivity contribution < 1.29 is 19.0 Å². The van der Waals surface area contributed by atoms with Crippen molar-refractivity contribution in [2.75, 3.05) is 20.3 Å². The lowest BCUT2D eigenvalue weighted by molar-refractivity contribution is 0.138. The predicted molar refractivity (Wildman–Crippen MR) is 100.0 cm³/mol. The predicted octanol–water partition coefficient (Wildman–Crippen LogP) is 4.41. The lowest BCUT2D eigenvalue weighted by Gasteiger charge is -2.15. The molecule has 2 aromatic carbocycles. The van der Waals surface area contributed by atoms with Gasteiger partial charge in [0.1, 0.15) is 12.4 Å². The summed E-state index contributed by atoms with van der Waals surface area (Å²) >= 11 is 3.64. The van der Waals surface area contributed by atoms with Gasteiger partial charge in [-0.05, 0) is 40.2 Å². The number of benzene rings is 2. The van der Waals surface area contributed by atoms with E-state index in [2.05, 4.69) is 21.2 Å². The summed E-state index contributed by atoms with van der Waals surface area (Å²) in [6.45, 7) is 1.42. The van der Waals surface area contributed by atoms with E-state index in [0.717, 1.165) is 45.8 Å². The van der Waals surface area contributed by atoms with Gasteiger partial charge in [-0.25, -0.2) is 4.79 Å². The van der Waals surface area contributed by atoms with E-state index >= 15 is 0 Å². The van der Waals surface area contributed by atoms with Gasteiger partial charge in [0.05, 0.1) is 6.61 Å². The molecule has 1 aliphatic rings. The molecule has 1 aliphatic carbocycles. The lowest BCUT2D eigenvalue weighted by Crippen LogP contribution is -2.26. The van der Waals surface area contributed by atoms with Crippen molar-refractivity contribution in [3.05, 3.63) is 40.4 Å². The molecule has 0 saturated heterocycles. The van der Waals surface area contributed by atoms with Gasteiger partial charge in [-0.1, -0.05) is 24.3 Å². The zero-order valence-corrected chi connectivity index (χ0v) is 15.8. The van der Waals surface area contributed by atoms with Crippen molar-refractivity contribution in [2.24, 2.45) is 0 Å². The van der Waals surface area contributed by atoms with Crippen molar-refractivity contribution in [1.82, 2.24) is 5.32 Å². The van der Waals surface area contributed by atoms with Crippen LogP contribution in [0.25, 0.3) is 10.8 Å². The highest BCUT2D eigenvalue weighted by molar-refractivity contribution is 9.10. The standard InChI is InChI=1S/C19H22BrNO4/c1-23-9-4-10-24-17-11-13(12-25-19(22)21-14-7-8-14)18(20)16-6-3-2-5-15(16)17/h2-3,5-6,11,14H,4,7-10,12H2,1H3,(H,21,22). The Morgan fingerprint density at radius 2 is 2.00 bits per heavy atom. The number of hydrogen-bond acceptors (Lipinski definition) is 4. The number of nitrogens with one attached hydrogen (secondary N) is 1. The fourth-order valence-corrected chi connectivity index (χ4v) is 3.13.